The Kier molecular flexibility index (Phi) is 3.98. The second kappa shape index (κ2) is 3.96. The third kappa shape index (κ3) is 4.20. The number of nitrogens with one attached hydrogen (secondary N) is 1. The molecule has 0 saturated carbocycles. The molecule has 0 aliphatic carbocycles. The smallest absolute Gasteiger partial charge is 0.233 e. The van der Waals surface area contributed by atoms with Crippen LogP contribution >= 0.6 is 0 Å². The average molecular weight is 139 g/mol. The molecule has 5 heteroatoms. The van der Waals surface area contributed by atoms with Crippen molar-refractivity contribution in [2.75, 3.05) is 7.11 Å². The first-order chi connectivity index (χ1) is 3.66. The maximum atomic E-state index is 9.89. The molecule has 0 aliphatic heterocycles. The second-order valence-electron chi connectivity index (χ2n) is 1.24. The molecule has 0 bridgehead atoms. The van der Waals surface area contributed by atoms with Crippen LogP contribution in [-0.2, 0) is 16.0 Å². The van der Waals surface area contributed by atoms with Crippen molar-refractivity contribution in [1.29, 1.82) is 0 Å². The van der Waals surface area contributed by atoms with Crippen molar-refractivity contribution >= 4 is 11.3 Å². The van der Waals surface area contributed by atoms with Gasteiger partial charge < -0.3 is 4.74 Å². The highest BCUT2D eigenvalue weighted by Gasteiger charge is 1.98. The van der Waals surface area contributed by atoms with E-state index >= 15 is 0 Å². The zero-order chi connectivity index (χ0) is 6.57. The van der Waals surface area contributed by atoms with Crippen molar-refractivity contribution in [1.82, 2.24) is 4.72 Å². The molecule has 0 amide bonds. The summed E-state index contributed by atoms with van der Waals surface area (Å²) in [6.45, 7) is 1.63. The molecule has 50 valence electrons. The van der Waals surface area contributed by atoms with Crippen LogP contribution in [0, 0.1) is 0 Å². The lowest BCUT2D eigenvalue weighted by molar-refractivity contribution is 0.109. The Morgan fingerprint density at radius 1 is 1.88 bits per heavy atom. The average Bonchev–Trinajstić information content (AvgIpc) is 1.65. The summed E-state index contributed by atoms with van der Waals surface area (Å²) in [4.78, 5) is 0. The molecule has 0 aromatic rings. The fourth-order valence-electron chi connectivity index (χ4n) is 0.190. The summed E-state index contributed by atoms with van der Waals surface area (Å²) >= 11 is -1.97. The summed E-state index contributed by atoms with van der Waals surface area (Å²) in [5.41, 5.74) is 0. The van der Waals surface area contributed by atoms with Gasteiger partial charge in [0.05, 0.1) is 0 Å². The van der Waals surface area contributed by atoms with Gasteiger partial charge in [-0.3, -0.25) is 4.55 Å². The molecule has 0 fully saturated rings. The van der Waals surface area contributed by atoms with Crippen molar-refractivity contribution in [3.63, 3.8) is 0 Å². The Hall–Kier alpha value is 0.0300. The van der Waals surface area contributed by atoms with E-state index in [0.29, 0.717) is 0 Å². The summed E-state index contributed by atoms with van der Waals surface area (Å²) in [6.07, 6.45) is -0.374. The van der Waals surface area contributed by atoms with Crippen LogP contribution in [0.5, 0.6) is 0 Å². The Labute approximate surface area is 50.6 Å². The van der Waals surface area contributed by atoms with Crippen LogP contribution in [0.15, 0.2) is 0 Å². The topological polar surface area (TPSA) is 58.6 Å². The molecule has 0 heterocycles. The van der Waals surface area contributed by atoms with Gasteiger partial charge in [0, 0.05) is 7.11 Å². The molecule has 2 N–H and O–H groups in total. The van der Waals surface area contributed by atoms with Crippen LogP contribution in [0.25, 0.3) is 0 Å². The number of methoxy groups -OCH3 is 1. The lowest BCUT2D eigenvalue weighted by atomic mass is 10.7. The van der Waals surface area contributed by atoms with Crippen molar-refractivity contribution < 1.29 is 13.5 Å². The predicted molar refractivity (Wildman–Crippen MR) is 30.4 cm³/mol. The largest absolute Gasteiger partial charge is 0.366 e. The van der Waals surface area contributed by atoms with Crippen LogP contribution in [-0.4, -0.2) is 22.1 Å². The molecule has 2 unspecified atom stereocenters. The molecule has 4 nitrogen and oxygen atoms in total. The van der Waals surface area contributed by atoms with Gasteiger partial charge in [-0.25, -0.2) is 4.21 Å². The summed E-state index contributed by atoms with van der Waals surface area (Å²) in [7, 11) is 1.45. The quantitative estimate of drug-likeness (QED) is 0.417. The molecule has 0 rings (SSSR count). The Bertz CT molecular complexity index is 86.6. The lowest BCUT2D eigenvalue weighted by Crippen LogP contribution is -2.28. The molecule has 0 saturated heterocycles. The maximum absolute atomic E-state index is 9.89. The van der Waals surface area contributed by atoms with Crippen molar-refractivity contribution in [3.8, 4) is 0 Å². The first-order valence-corrected chi connectivity index (χ1v) is 3.17. The van der Waals surface area contributed by atoms with Crippen LogP contribution in [0.1, 0.15) is 6.92 Å². The SMILES string of the molecule is COC(C)NS(=O)O. The predicted octanol–water partition coefficient (Wildman–Crippen LogP) is -0.295. The third-order valence-electron chi connectivity index (χ3n) is 0.620. The zero-order valence-corrected chi connectivity index (χ0v) is 5.57. The van der Waals surface area contributed by atoms with Crippen LogP contribution < -0.4 is 4.72 Å². The van der Waals surface area contributed by atoms with Gasteiger partial charge >= 0.3 is 0 Å². The molecule has 2 atom stereocenters. The Balaban J connectivity index is 3.24. The zero-order valence-electron chi connectivity index (χ0n) is 4.75. The highest BCUT2D eigenvalue weighted by Crippen LogP contribution is 1.79. The summed E-state index contributed by atoms with van der Waals surface area (Å²) in [5.74, 6) is 0. The minimum atomic E-state index is -1.97. The molecular formula is C3H9NO3S. The van der Waals surface area contributed by atoms with E-state index in [4.69, 9.17) is 4.55 Å². The van der Waals surface area contributed by atoms with Gasteiger partial charge in [0.25, 0.3) is 0 Å². The number of hydrogen-bond donors (Lipinski definition) is 2. The summed E-state index contributed by atoms with van der Waals surface area (Å²) in [6, 6.07) is 0. The van der Waals surface area contributed by atoms with Gasteiger partial charge in [0.2, 0.25) is 11.3 Å². The first kappa shape index (κ1) is 8.03. The van der Waals surface area contributed by atoms with Gasteiger partial charge in [-0.15, -0.1) is 0 Å². The van der Waals surface area contributed by atoms with Crippen molar-refractivity contribution in [2.24, 2.45) is 0 Å². The van der Waals surface area contributed by atoms with E-state index in [9.17, 15) is 4.21 Å². The molecule has 0 aromatic heterocycles. The molecular weight excluding hydrogens is 130 g/mol. The molecule has 8 heavy (non-hydrogen) atoms. The monoisotopic (exact) mass is 139 g/mol. The summed E-state index contributed by atoms with van der Waals surface area (Å²) in [5, 5.41) is 0. The normalized spacial score (nSPS) is 17.9. The number of ether oxygens (including phenoxy) is 1. The fraction of sp³-hybridized carbons (Fsp3) is 1.00. The van der Waals surface area contributed by atoms with E-state index in [2.05, 4.69) is 9.46 Å². The first-order valence-electron chi connectivity index (χ1n) is 2.06. The molecule has 0 spiro atoms. The van der Waals surface area contributed by atoms with E-state index in [-0.39, 0.29) is 6.23 Å². The fourth-order valence-corrected chi connectivity index (χ4v) is 0.570. The Morgan fingerprint density at radius 2 is 2.38 bits per heavy atom. The van der Waals surface area contributed by atoms with Crippen LogP contribution in [0.3, 0.4) is 0 Å². The maximum Gasteiger partial charge on any atom is 0.233 e. The standard InChI is InChI=1S/C3H9NO3S/c1-3(7-2)4-8(5)6/h3-4H,1-2H3,(H,5,6). The Morgan fingerprint density at radius 3 is 2.50 bits per heavy atom. The van der Waals surface area contributed by atoms with E-state index in [1.54, 1.807) is 6.92 Å². The highest BCUT2D eigenvalue weighted by molar-refractivity contribution is 7.77. The van der Waals surface area contributed by atoms with Crippen molar-refractivity contribution in [2.45, 2.75) is 13.2 Å². The lowest BCUT2D eigenvalue weighted by Gasteiger charge is -2.05. The van der Waals surface area contributed by atoms with E-state index < -0.39 is 11.3 Å². The molecule has 0 aliphatic rings. The van der Waals surface area contributed by atoms with Gasteiger partial charge in [-0.05, 0) is 6.92 Å². The minimum Gasteiger partial charge on any atom is -0.366 e. The summed E-state index contributed by atoms with van der Waals surface area (Å²) < 4.78 is 24.8. The highest BCUT2D eigenvalue weighted by atomic mass is 32.2. The van der Waals surface area contributed by atoms with Gasteiger partial charge in [-0.1, -0.05) is 0 Å². The van der Waals surface area contributed by atoms with Gasteiger partial charge in [0.1, 0.15) is 6.23 Å². The van der Waals surface area contributed by atoms with Crippen molar-refractivity contribution in [3.05, 3.63) is 0 Å². The minimum absolute atomic E-state index is 0.374. The van der Waals surface area contributed by atoms with E-state index in [0.717, 1.165) is 0 Å². The molecule has 0 aromatic carbocycles. The van der Waals surface area contributed by atoms with Gasteiger partial charge in [0.15, 0.2) is 0 Å². The molecule has 0 radical (unpaired) electrons. The second-order valence-corrected chi connectivity index (χ2v) is 1.98. The van der Waals surface area contributed by atoms with E-state index in [1.165, 1.54) is 7.11 Å². The third-order valence-corrected chi connectivity index (χ3v) is 1.15. The number of hydrogen-bond acceptors (Lipinski definition) is 2. The van der Waals surface area contributed by atoms with Crippen LogP contribution in [0.4, 0.5) is 0 Å². The number of rotatable bonds is 3. The van der Waals surface area contributed by atoms with Crippen LogP contribution in [0.2, 0.25) is 0 Å². The van der Waals surface area contributed by atoms with Gasteiger partial charge in [-0.2, -0.15) is 4.72 Å². The van der Waals surface area contributed by atoms with E-state index in [1.807, 2.05) is 0 Å².